The number of rotatable bonds is 3. The maximum atomic E-state index is 4.22. The van der Waals surface area contributed by atoms with Crippen molar-refractivity contribution in [2.75, 3.05) is 0 Å². The van der Waals surface area contributed by atoms with Gasteiger partial charge >= 0.3 is 0 Å². The van der Waals surface area contributed by atoms with E-state index in [4.69, 9.17) is 0 Å². The van der Waals surface area contributed by atoms with Gasteiger partial charge in [0.15, 0.2) is 0 Å². The molecule has 1 heterocycles. The lowest BCUT2D eigenvalue weighted by Gasteiger charge is -2.07. The third-order valence-corrected chi connectivity index (χ3v) is 3.66. The first-order valence-electron chi connectivity index (χ1n) is 5.26. The Bertz CT molecular complexity index is 403. The van der Waals surface area contributed by atoms with Crippen molar-refractivity contribution in [1.29, 1.82) is 0 Å². The van der Waals surface area contributed by atoms with Crippen molar-refractivity contribution in [1.82, 2.24) is 0 Å². The molecule has 0 saturated heterocycles. The summed E-state index contributed by atoms with van der Waals surface area (Å²) in [5.74, 6) is 0. The normalized spacial score (nSPS) is 12.7. The fraction of sp³-hybridized carbons (Fsp3) is 0.231. The van der Waals surface area contributed by atoms with Crippen molar-refractivity contribution in [2.24, 2.45) is 0 Å². The molecule has 2 heteroatoms. The van der Waals surface area contributed by atoms with Crippen LogP contribution in [0.15, 0.2) is 41.8 Å². The average Bonchev–Trinajstić information content (AvgIpc) is 2.82. The van der Waals surface area contributed by atoms with Gasteiger partial charge in [0, 0.05) is 5.56 Å². The Morgan fingerprint density at radius 3 is 2.47 bits per heavy atom. The monoisotopic (exact) mass is 218 g/mol. The number of benzene rings is 1. The number of hydrogen-bond acceptors (Lipinski definition) is 1. The van der Waals surface area contributed by atoms with E-state index in [1.54, 1.807) is 11.3 Å². The lowest BCUT2D eigenvalue weighted by atomic mass is 10.0. The average molecular weight is 218 g/mol. The van der Waals surface area contributed by atoms with Crippen molar-refractivity contribution >= 4 is 11.3 Å². The van der Waals surface area contributed by atoms with Crippen LogP contribution in [0.3, 0.4) is 0 Å². The zero-order chi connectivity index (χ0) is 10.7. The van der Waals surface area contributed by atoms with E-state index in [0.29, 0.717) is 0 Å². The topological polar surface area (TPSA) is 27.6 Å². The number of quaternary nitrogens is 1. The van der Waals surface area contributed by atoms with Crippen LogP contribution < -0.4 is 5.73 Å². The van der Waals surface area contributed by atoms with E-state index in [1.165, 1.54) is 16.0 Å². The fourth-order valence-corrected chi connectivity index (χ4v) is 2.41. The van der Waals surface area contributed by atoms with Gasteiger partial charge in [-0.2, -0.15) is 0 Å². The van der Waals surface area contributed by atoms with Crippen LogP contribution in [0.5, 0.6) is 0 Å². The highest BCUT2D eigenvalue weighted by Gasteiger charge is 2.12. The van der Waals surface area contributed by atoms with Crippen molar-refractivity contribution in [3.05, 3.63) is 57.8 Å². The van der Waals surface area contributed by atoms with E-state index < -0.39 is 0 Å². The van der Waals surface area contributed by atoms with Gasteiger partial charge in [0.2, 0.25) is 0 Å². The highest BCUT2D eigenvalue weighted by Crippen LogP contribution is 2.22. The van der Waals surface area contributed by atoms with Gasteiger partial charge < -0.3 is 5.73 Å². The third kappa shape index (κ3) is 2.28. The molecular formula is C13H16NS+. The summed E-state index contributed by atoms with van der Waals surface area (Å²) < 4.78 is 0. The molecule has 3 N–H and O–H groups in total. The Labute approximate surface area is 94.6 Å². The second-order valence-corrected chi connectivity index (χ2v) is 4.64. The van der Waals surface area contributed by atoms with Crippen LogP contribution in [0.1, 0.15) is 29.0 Å². The quantitative estimate of drug-likeness (QED) is 0.820. The minimum atomic E-state index is 0.274. The van der Waals surface area contributed by atoms with E-state index in [9.17, 15) is 0 Å². The molecule has 0 aliphatic rings. The van der Waals surface area contributed by atoms with Crippen LogP contribution in [-0.4, -0.2) is 0 Å². The molecule has 15 heavy (non-hydrogen) atoms. The number of thiophene rings is 1. The number of aryl methyl sites for hydroxylation is 1. The molecular weight excluding hydrogens is 202 g/mol. The maximum absolute atomic E-state index is 4.22. The summed E-state index contributed by atoms with van der Waals surface area (Å²) in [5, 5.41) is 2.11. The first-order valence-corrected chi connectivity index (χ1v) is 6.14. The van der Waals surface area contributed by atoms with Crippen LogP contribution in [-0.2, 0) is 6.42 Å². The highest BCUT2D eigenvalue weighted by atomic mass is 32.1. The van der Waals surface area contributed by atoms with Crippen LogP contribution in [0, 0.1) is 0 Å². The summed E-state index contributed by atoms with van der Waals surface area (Å²) in [4.78, 5) is 1.33. The minimum Gasteiger partial charge on any atom is -0.347 e. The highest BCUT2D eigenvalue weighted by molar-refractivity contribution is 7.10. The first kappa shape index (κ1) is 10.4. The summed E-state index contributed by atoms with van der Waals surface area (Å²) >= 11 is 1.77. The summed E-state index contributed by atoms with van der Waals surface area (Å²) in [7, 11) is 0. The molecule has 0 radical (unpaired) electrons. The van der Waals surface area contributed by atoms with Crippen molar-refractivity contribution in [3.8, 4) is 0 Å². The van der Waals surface area contributed by atoms with E-state index in [0.717, 1.165) is 6.42 Å². The Morgan fingerprint density at radius 2 is 1.93 bits per heavy atom. The van der Waals surface area contributed by atoms with Crippen LogP contribution in [0.25, 0.3) is 0 Å². The fourth-order valence-electron chi connectivity index (χ4n) is 1.64. The van der Waals surface area contributed by atoms with Gasteiger partial charge in [-0.15, -0.1) is 11.3 Å². The smallest absolute Gasteiger partial charge is 0.145 e. The number of hydrogen-bond donors (Lipinski definition) is 1. The molecule has 0 aliphatic heterocycles. The molecule has 1 nitrogen and oxygen atoms in total. The van der Waals surface area contributed by atoms with E-state index in [2.05, 4.69) is 54.4 Å². The van der Waals surface area contributed by atoms with E-state index >= 15 is 0 Å². The molecule has 1 aromatic heterocycles. The zero-order valence-corrected chi connectivity index (χ0v) is 9.76. The van der Waals surface area contributed by atoms with Gasteiger partial charge in [0.1, 0.15) is 6.04 Å². The summed E-state index contributed by atoms with van der Waals surface area (Å²) in [6, 6.07) is 13.3. The lowest BCUT2D eigenvalue weighted by molar-refractivity contribution is -0.410. The first-order chi connectivity index (χ1) is 7.31. The predicted molar refractivity (Wildman–Crippen MR) is 64.9 cm³/mol. The second-order valence-electron chi connectivity index (χ2n) is 3.66. The molecule has 0 fully saturated rings. The summed E-state index contributed by atoms with van der Waals surface area (Å²) in [5.41, 5.74) is 6.90. The Hall–Kier alpha value is -1.12. The maximum Gasteiger partial charge on any atom is 0.145 e. The molecule has 78 valence electrons. The van der Waals surface area contributed by atoms with Gasteiger partial charge in [-0.1, -0.05) is 37.3 Å². The largest absolute Gasteiger partial charge is 0.347 e. The SMILES string of the molecule is CCc1ccc([C@@H]([NH3+])c2cccs2)cc1. The molecule has 0 aliphatic carbocycles. The Morgan fingerprint density at radius 1 is 1.20 bits per heavy atom. The molecule has 0 bridgehead atoms. The summed E-state index contributed by atoms with van der Waals surface area (Å²) in [6.45, 7) is 2.18. The molecule has 1 aromatic carbocycles. The zero-order valence-electron chi connectivity index (χ0n) is 8.94. The van der Waals surface area contributed by atoms with Gasteiger partial charge in [0.05, 0.1) is 4.88 Å². The van der Waals surface area contributed by atoms with Crippen LogP contribution in [0.4, 0.5) is 0 Å². The van der Waals surface area contributed by atoms with Crippen LogP contribution >= 0.6 is 11.3 Å². The Balaban J connectivity index is 2.22. The van der Waals surface area contributed by atoms with Gasteiger partial charge in [-0.3, -0.25) is 0 Å². The lowest BCUT2D eigenvalue weighted by Crippen LogP contribution is -2.53. The van der Waals surface area contributed by atoms with Gasteiger partial charge in [-0.25, -0.2) is 0 Å². The molecule has 0 unspecified atom stereocenters. The van der Waals surface area contributed by atoms with E-state index in [1.807, 2.05) is 0 Å². The van der Waals surface area contributed by atoms with E-state index in [-0.39, 0.29) is 6.04 Å². The Kier molecular flexibility index (Phi) is 3.19. The second kappa shape index (κ2) is 4.60. The molecule has 2 rings (SSSR count). The van der Waals surface area contributed by atoms with Crippen molar-refractivity contribution in [3.63, 3.8) is 0 Å². The molecule has 2 aromatic rings. The van der Waals surface area contributed by atoms with Crippen molar-refractivity contribution in [2.45, 2.75) is 19.4 Å². The third-order valence-electron chi connectivity index (χ3n) is 2.68. The molecule has 0 amide bonds. The van der Waals surface area contributed by atoms with Crippen LogP contribution in [0.2, 0.25) is 0 Å². The minimum absolute atomic E-state index is 0.274. The molecule has 0 spiro atoms. The molecule has 1 atom stereocenters. The van der Waals surface area contributed by atoms with Gasteiger partial charge in [0.25, 0.3) is 0 Å². The standard InChI is InChI=1S/C13H15NS/c1-2-10-5-7-11(8-6-10)13(14)12-4-3-9-15-12/h3-9,13H,2,14H2,1H3/p+1/t13-/m1/s1. The molecule has 0 saturated carbocycles. The van der Waals surface area contributed by atoms with Crippen molar-refractivity contribution < 1.29 is 5.73 Å². The summed E-state index contributed by atoms with van der Waals surface area (Å²) in [6.07, 6.45) is 1.10. The predicted octanol–water partition coefficient (Wildman–Crippen LogP) is 2.64. The van der Waals surface area contributed by atoms with Gasteiger partial charge in [-0.05, 0) is 23.4 Å².